The molecule has 1 saturated heterocycles. The number of aromatic nitrogens is 1. The maximum Gasteiger partial charge on any atom is 0.274 e. The highest BCUT2D eigenvalue weighted by Gasteiger charge is 2.13. The Labute approximate surface area is 145 Å². The Balaban J connectivity index is 1.67. The summed E-state index contributed by atoms with van der Waals surface area (Å²) in [4.78, 5) is 18.7. The van der Waals surface area contributed by atoms with Crippen molar-refractivity contribution in [1.82, 2.24) is 4.98 Å². The molecular weight excluding hydrogens is 330 g/mol. The van der Waals surface area contributed by atoms with Gasteiger partial charge in [0.25, 0.3) is 5.91 Å². The lowest BCUT2D eigenvalue weighted by molar-refractivity contribution is 0.102. The van der Waals surface area contributed by atoms with Crippen LogP contribution in [0, 0.1) is 0 Å². The summed E-state index contributed by atoms with van der Waals surface area (Å²) >= 11 is 6.06. The predicted octanol–water partition coefficient (Wildman–Crippen LogP) is 2.83. The van der Waals surface area contributed by atoms with Gasteiger partial charge in [-0.3, -0.25) is 4.79 Å². The van der Waals surface area contributed by atoms with Crippen molar-refractivity contribution >= 4 is 28.9 Å². The number of halogens is 1. The summed E-state index contributed by atoms with van der Waals surface area (Å²) in [6, 6.07) is 8.68. The van der Waals surface area contributed by atoms with Crippen LogP contribution in [0.4, 0.5) is 11.4 Å². The number of nitrogens with one attached hydrogen (secondary N) is 1. The molecule has 1 N–H and O–H groups in total. The number of morpholine rings is 1. The number of carbonyl (C=O) groups is 1. The van der Waals surface area contributed by atoms with Crippen LogP contribution in [0.5, 0.6) is 5.75 Å². The second-order valence-corrected chi connectivity index (χ2v) is 5.71. The Morgan fingerprint density at radius 3 is 2.71 bits per heavy atom. The first-order valence-corrected chi connectivity index (χ1v) is 7.99. The van der Waals surface area contributed by atoms with E-state index in [9.17, 15) is 4.79 Å². The standard InChI is InChI=1S/C17H18ClN3O3/c1-23-16-5-2-12(10-14(16)18)20-17(22)15-4-3-13(11-19-15)21-6-8-24-9-7-21/h2-5,10-11H,6-9H2,1H3,(H,20,22). The lowest BCUT2D eigenvalue weighted by atomic mass is 10.2. The molecule has 1 aliphatic rings. The van der Waals surface area contributed by atoms with Crippen molar-refractivity contribution in [2.75, 3.05) is 43.6 Å². The van der Waals surface area contributed by atoms with E-state index in [0.717, 1.165) is 18.8 Å². The van der Waals surface area contributed by atoms with Gasteiger partial charge in [-0.1, -0.05) is 11.6 Å². The van der Waals surface area contributed by atoms with Gasteiger partial charge in [-0.05, 0) is 30.3 Å². The van der Waals surface area contributed by atoms with Gasteiger partial charge < -0.3 is 19.7 Å². The monoisotopic (exact) mass is 347 g/mol. The first-order chi connectivity index (χ1) is 11.7. The van der Waals surface area contributed by atoms with Crippen molar-refractivity contribution in [1.29, 1.82) is 0 Å². The quantitative estimate of drug-likeness (QED) is 0.921. The van der Waals surface area contributed by atoms with E-state index in [0.29, 0.717) is 35.4 Å². The van der Waals surface area contributed by atoms with Crippen molar-refractivity contribution in [3.05, 3.63) is 47.2 Å². The molecule has 1 aromatic carbocycles. The van der Waals surface area contributed by atoms with Gasteiger partial charge in [0.2, 0.25) is 0 Å². The van der Waals surface area contributed by atoms with E-state index in [2.05, 4.69) is 15.2 Å². The third-order valence-electron chi connectivity index (χ3n) is 3.77. The molecule has 1 fully saturated rings. The Kier molecular flexibility index (Phi) is 5.17. The fourth-order valence-corrected chi connectivity index (χ4v) is 2.73. The van der Waals surface area contributed by atoms with Gasteiger partial charge in [-0.25, -0.2) is 4.98 Å². The minimum absolute atomic E-state index is 0.287. The molecule has 1 aromatic heterocycles. The molecule has 0 radical (unpaired) electrons. The summed E-state index contributed by atoms with van der Waals surface area (Å²) in [6.45, 7) is 3.08. The van der Waals surface area contributed by atoms with E-state index in [-0.39, 0.29) is 5.91 Å². The molecule has 0 spiro atoms. The van der Waals surface area contributed by atoms with Gasteiger partial charge in [0.05, 0.1) is 37.2 Å². The van der Waals surface area contributed by atoms with E-state index in [1.807, 2.05) is 6.07 Å². The molecule has 6 nitrogen and oxygen atoms in total. The average molecular weight is 348 g/mol. The average Bonchev–Trinajstić information content (AvgIpc) is 2.63. The van der Waals surface area contributed by atoms with Crippen molar-refractivity contribution in [2.24, 2.45) is 0 Å². The number of pyridine rings is 1. The number of methoxy groups -OCH3 is 1. The molecule has 0 unspecified atom stereocenters. The van der Waals surface area contributed by atoms with Crippen LogP contribution in [0.3, 0.4) is 0 Å². The van der Waals surface area contributed by atoms with Crippen molar-refractivity contribution in [3.8, 4) is 5.75 Å². The van der Waals surface area contributed by atoms with Crippen LogP contribution in [0.2, 0.25) is 5.02 Å². The lowest BCUT2D eigenvalue weighted by Gasteiger charge is -2.28. The minimum atomic E-state index is -0.287. The summed E-state index contributed by atoms with van der Waals surface area (Å²) in [6.07, 6.45) is 1.71. The van der Waals surface area contributed by atoms with Crippen molar-refractivity contribution in [3.63, 3.8) is 0 Å². The number of hydrogen-bond donors (Lipinski definition) is 1. The molecule has 7 heteroatoms. The number of amides is 1. The van der Waals surface area contributed by atoms with Crippen LogP contribution in [0.1, 0.15) is 10.5 Å². The summed E-state index contributed by atoms with van der Waals surface area (Å²) in [7, 11) is 1.54. The molecule has 2 heterocycles. The Morgan fingerprint density at radius 2 is 2.08 bits per heavy atom. The van der Waals surface area contributed by atoms with Crippen molar-refractivity contribution < 1.29 is 14.3 Å². The number of anilines is 2. The molecule has 3 rings (SSSR count). The minimum Gasteiger partial charge on any atom is -0.495 e. The summed E-state index contributed by atoms with van der Waals surface area (Å²) < 4.78 is 10.4. The SMILES string of the molecule is COc1ccc(NC(=O)c2ccc(N3CCOCC3)cn2)cc1Cl. The predicted molar refractivity (Wildman–Crippen MR) is 93.2 cm³/mol. The van der Waals surface area contributed by atoms with Gasteiger partial charge in [-0.15, -0.1) is 0 Å². The second-order valence-electron chi connectivity index (χ2n) is 5.30. The van der Waals surface area contributed by atoms with E-state index < -0.39 is 0 Å². The first kappa shape index (κ1) is 16.5. The van der Waals surface area contributed by atoms with Crippen LogP contribution >= 0.6 is 11.6 Å². The fraction of sp³-hybridized carbons (Fsp3) is 0.294. The van der Waals surface area contributed by atoms with Gasteiger partial charge in [0, 0.05) is 18.8 Å². The molecule has 0 bridgehead atoms. The van der Waals surface area contributed by atoms with Crippen molar-refractivity contribution in [2.45, 2.75) is 0 Å². The van der Waals surface area contributed by atoms with Crippen LogP contribution in [0.25, 0.3) is 0 Å². The van der Waals surface area contributed by atoms with E-state index >= 15 is 0 Å². The number of nitrogens with zero attached hydrogens (tertiary/aromatic N) is 2. The maximum atomic E-state index is 12.3. The second kappa shape index (κ2) is 7.51. The largest absolute Gasteiger partial charge is 0.495 e. The maximum absolute atomic E-state index is 12.3. The zero-order valence-corrected chi connectivity index (χ0v) is 14.0. The lowest BCUT2D eigenvalue weighted by Crippen LogP contribution is -2.36. The number of hydrogen-bond acceptors (Lipinski definition) is 5. The van der Waals surface area contributed by atoms with E-state index in [4.69, 9.17) is 21.1 Å². The number of rotatable bonds is 4. The zero-order chi connectivity index (χ0) is 16.9. The summed E-state index contributed by atoms with van der Waals surface area (Å²) in [5.41, 5.74) is 1.92. The van der Waals surface area contributed by atoms with Crippen LogP contribution in [-0.4, -0.2) is 44.3 Å². The van der Waals surface area contributed by atoms with Gasteiger partial charge in [-0.2, -0.15) is 0 Å². The number of ether oxygens (including phenoxy) is 2. The molecule has 0 atom stereocenters. The molecular formula is C17H18ClN3O3. The van der Waals surface area contributed by atoms with E-state index in [1.165, 1.54) is 0 Å². The number of carbonyl (C=O) groups excluding carboxylic acids is 1. The highest BCUT2D eigenvalue weighted by atomic mass is 35.5. The summed E-state index contributed by atoms with van der Waals surface area (Å²) in [5.74, 6) is 0.271. The van der Waals surface area contributed by atoms with Gasteiger partial charge >= 0.3 is 0 Å². The van der Waals surface area contributed by atoms with E-state index in [1.54, 1.807) is 37.6 Å². The Hall–Kier alpha value is -2.31. The molecule has 1 aliphatic heterocycles. The van der Waals surface area contributed by atoms with Gasteiger partial charge in [0.1, 0.15) is 11.4 Å². The normalized spacial score (nSPS) is 14.3. The van der Waals surface area contributed by atoms with Crippen LogP contribution in [0.15, 0.2) is 36.5 Å². The molecule has 2 aromatic rings. The Morgan fingerprint density at radius 1 is 1.29 bits per heavy atom. The third kappa shape index (κ3) is 3.77. The van der Waals surface area contributed by atoms with Crippen LogP contribution < -0.4 is 15.0 Å². The third-order valence-corrected chi connectivity index (χ3v) is 4.06. The molecule has 24 heavy (non-hydrogen) atoms. The molecule has 126 valence electrons. The summed E-state index contributed by atoms with van der Waals surface area (Å²) in [5, 5.41) is 3.21. The van der Waals surface area contributed by atoms with Gasteiger partial charge in [0.15, 0.2) is 0 Å². The smallest absolute Gasteiger partial charge is 0.274 e. The van der Waals surface area contributed by atoms with Crippen LogP contribution in [-0.2, 0) is 4.74 Å². The highest BCUT2D eigenvalue weighted by molar-refractivity contribution is 6.32. The topological polar surface area (TPSA) is 63.7 Å². The fourth-order valence-electron chi connectivity index (χ4n) is 2.47. The molecule has 0 aliphatic carbocycles. The zero-order valence-electron chi connectivity index (χ0n) is 13.3. The molecule has 1 amide bonds. The highest BCUT2D eigenvalue weighted by Crippen LogP contribution is 2.27. The molecule has 0 saturated carbocycles. The number of benzene rings is 1. The Bertz CT molecular complexity index is 716. The first-order valence-electron chi connectivity index (χ1n) is 7.61.